The van der Waals surface area contributed by atoms with Crippen LogP contribution >= 0.6 is 0 Å². The highest BCUT2D eigenvalue weighted by Gasteiger charge is 2.30. The van der Waals surface area contributed by atoms with Gasteiger partial charge in [0.05, 0.1) is 0 Å². The summed E-state index contributed by atoms with van der Waals surface area (Å²) < 4.78 is 8.19. The minimum atomic E-state index is -0.508. The third-order valence-corrected chi connectivity index (χ3v) is 6.34. The van der Waals surface area contributed by atoms with E-state index in [1.807, 2.05) is 72.8 Å². The van der Waals surface area contributed by atoms with Crippen LogP contribution in [0.1, 0.15) is 33.9 Å². The van der Waals surface area contributed by atoms with Gasteiger partial charge in [-0.3, -0.25) is 4.79 Å². The summed E-state index contributed by atoms with van der Waals surface area (Å²) in [5, 5.41) is 1.08. The zero-order valence-corrected chi connectivity index (χ0v) is 19.2. The Bertz CT molecular complexity index is 1390. The van der Waals surface area contributed by atoms with Gasteiger partial charge in [-0.1, -0.05) is 109 Å². The van der Waals surface area contributed by atoms with E-state index in [0.717, 1.165) is 39.8 Å². The second kappa shape index (κ2) is 9.80. The average Bonchev–Trinajstić information content (AvgIpc) is 3.16. The Morgan fingerprint density at radius 2 is 1.29 bits per heavy atom. The van der Waals surface area contributed by atoms with Crippen LogP contribution in [-0.4, -0.2) is 10.5 Å². The molecule has 0 amide bonds. The van der Waals surface area contributed by atoms with E-state index in [-0.39, 0.29) is 12.6 Å². The van der Waals surface area contributed by atoms with Crippen molar-refractivity contribution in [2.45, 2.75) is 26.0 Å². The van der Waals surface area contributed by atoms with Crippen LogP contribution in [0.4, 0.5) is 0 Å². The third-order valence-electron chi connectivity index (χ3n) is 6.34. The highest BCUT2D eigenvalue weighted by Crippen LogP contribution is 2.37. The Labute approximate surface area is 200 Å². The number of ether oxygens (including phenoxy) is 1. The fraction of sp³-hybridized carbons (Fsp3) is 0.129. The molecule has 0 N–H and O–H groups in total. The summed E-state index contributed by atoms with van der Waals surface area (Å²) in [6.45, 7) is 3.11. The van der Waals surface area contributed by atoms with Crippen LogP contribution in [0.25, 0.3) is 10.9 Å². The Morgan fingerprint density at radius 1 is 0.735 bits per heavy atom. The Kier molecular flexibility index (Phi) is 6.26. The van der Waals surface area contributed by atoms with Crippen molar-refractivity contribution in [3.8, 4) is 0 Å². The van der Waals surface area contributed by atoms with Gasteiger partial charge in [0.15, 0.2) is 0 Å². The van der Waals surface area contributed by atoms with Crippen LogP contribution in [-0.2, 0) is 22.7 Å². The first-order chi connectivity index (χ1) is 16.7. The molecule has 0 aliphatic carbocycles. The zero-order valence-electron chi connectivity index (χ0n) is 19.2. The van der Waals surface area contributed by atoms with Crippen LogP contribution in [0, 0.1) is 6.92 Å². The number of benzene rings is 4. The smallest absolute Gasteiger partial charge is 0.318 e. The van der Waals surface area contributed by atoms with E-state index < -0.39 is 5.92 Å². The molecule has 1 atom stereocenters. The van der Waals surface area contributed by atoms with Crippen LogP contribution in [0.2, 0.25) is 0 Å². The van der Waals surface area contributed by atoms with Gasteiger partial charge < -0.3 is 9.30 Å². The molecule has 5 rings (SSSR count). The van der Waals surface area contributed by atoms with Crippen molar-refractivity contribution in [2.24, 2.45) is 0 Å². The van der Waals surface area contributed by atoms with Gasteiger partial charge in [0.2, 0.25) is 0 Å². The van der Waals surface area contributed by atoms with Gasteiger partial charge in [0.25, 0.3) is 0 Å². The van der Waals surface area contributed by atoms with Gasteiger partial charge in [-0.25, -0.2) is 0 Å². The average molecular weight is 446 g/mol. The lowest BCUT2D eigenvalue weighted by Gasteiger charge is -2.18. The van der Waals surface area contributed by atoms with Crippen molar-refractivity contribution in [3.63, 3.8) is 0 Å². The molecule has 0 bridgehead atoms. The number of para-hydroxylation sites is 1. The molecule has 0 spiro atoms. The van der Waals surface area contributed by atoms with Crippen molar-refractivity contribution >= 4 is 16.9 Å². The SMILES string of the molecule is Cc1c([C@@H](C(=O)OCc2ccccc2)c2ccccc2)c2ccccc2n1Cc1ccccc1. The number of rotatable bonds is 7. The number of fused-ring (bicyclic) bond motifs is 1. The molecule has 0 unspecified atom stereocenters. The lowest BCUT2D eigenvalue weighted by atomic mass is 9.89. The lowest BCUT2D eigenvalue weighted by Crippen LogP contribution is -2.18. The molecule has 0 radical (unpaired) electrons. The second-order valence-electron chi connectivity index (χ2n) is 8.52. The molecule has 168 valence electrons. The summed E-state index contributed by atoms with van der Waals surface area (Å²) in [6.07, 6.45) is 0. The number of carbonyl (C=O) groups excluding carboxylic acids is 1. The molecule has 0 saturated heterocycles. The molecule has 0 saturated carbocycles. The highest BCUT2D eigenvalue weighted by atomic mass is 16.5. The van der Waals surface area contributed by atoms with Gasteiger partial charge in [-0.15, -0.1) is 0 Å². The van der Waals surface area contributed by atoms with E-state index in [1.54, 1.807) is 0 Å². The van der Waals surface area contributed by atoms with Gasteiger partial charge in [0, 0.05) is 23.1 Å². The summed E-state index contributed by atoms with van der Waals surface area (Å²) in [5.41, 5.74) is 6.35. The van der Waals surface area contributed by atoms with E-state index in [4.69, 9.17) is 4.74 Å². The predicted octanol–water partition coefficient (Wildman–Crippen LogP) is 6.87. The molecule has 0 fully saturated rings. The summed E-state index contributed by atoms with van der Waals surface area (Å²) in [4.78, 5) is 13.6. The maximum Gasteiger partial charge on any atom is 0.318 e. The van der Waals surface area contributed by atoms with E-state index in [0.29, 0.717) is 0 Å². The van der Waals surface area contributed by atoms with Crippen molar-refractivity contribution in [3.05, 3.63) is 143 Å². The maximum atomic E-state index is 13.6. The predicted molar refractivity (Wildman–Crippen MR) is 137 cm³/mol. The Hall–Kier alpha value is -4.11. The lowest BCUT2D eigenvalue weighted by molar-refractivity contribution is -0.145. The van der Waals surface area contributed by atoms with Crippen LogP contribution in [0.15, 0.2) is 115 Å². The van der Waals surface area contributed by atoms with Crippen LogP contribution < -0.4 is 0 Å². The molecule has 3 nitrogen and oxygen atoms in total. The van der Waals surface area contributed by atoms with Crippen molar-refractivity contribution < 1.29 is 9.53 Å². The standard InChI is InChI=1S/C31H27NO2/c1-23-29(27-19-11-12-20-28(27)32(23)21-24-13-5-2-6-14-24)30(26-17-9-4-10-18-26)31(33)34-22-25-15-7-3-8-16-25/h2-20,30H,21-22H2,1H3/t30-/m0/s1. The van der Waals surface area contributed by atoms with Crippen LogP contribution in [0.5, 0.6) is 0 Å². The summed E-state index contributed by atoms with van der Waals surface area (Å²) >= 11 is 0. The normalized spacial score (nSPS) is 11.9. The van der Waals surface area contributed by atoms with E-state index in [2.05, 4.69) is 54.0 Å². The summed E-state index contributed by atoms with van der Waals surface area (Å²) in [7, 11) is 0. The van der Waals surface area contributed by atoms with Crippen molar-refractivity contribution in [2.75, 3.05) is 0 Å². The van der Waals surface area contributed by atoms with Gasteiger partial charge in [-0.05, 0) is 35.2 Å². The van der Waals surface area contributed by atoms with Gasteiger partial charge >= 0.3 is 5.97 Å². The number of carbonyl (C=O) groups is 1. The topological polar surface area (TPSA) is 31.2 Å². The van der Waals surface area contributed by atoms with E-state index >= 15 is 0 Å². The summed E-state index contributed by atoms with van der Waals surface area (Å²) in [6, 6.07) is 38.5. The molecule has 1 aromatic heterocycles. The minimum absolute atomic E-state index is 0.235. The van der Waals surface area contributed by atoms with E-state index in [9.17, 15) is 4.79 Å². The molecular formula is C31H27NO2. The molecule has 1 heterocycles. The molecule has 0 aliphatic rings. The molecular weight excluding hydrogens is 418 g/mol. The Morgan fingerprint density at radius 3 is 1.97 bits per heavy atom. The van der Waals surface area contributed by atoms with Gasteiger partial charge in [0.1, 0.15) is 12.5 Å². The van der Waals surface area contributed by atoms with Crippen LogP contribution in [0.3, 0.4) is 0 Å². The first-order valence-corrected chi connectivity index (χ1v) is 11.6. The van der Waals surface area contributed by atoms with Crippen molar-refractivity contribution in [1.82, 2.24) is 4.57 Å². The molecule has 34 heavy (non-hydrogen) atoms. The van der Waals surface area contributed by atoms with E-state index in [1.165, 1.54) is 5.56 Å². The molecule has 4 aromatic carbocycles. The maximum absolute atomic E-state index is 13.6. The Balaban J connectivity index is 1.60. The number of hydrogen-bond acceptors (Lipinski definition) is 2. The number of nitrogens with zero attached hydrogens (tertiary/aromatic N) is 1. The molecule has 3 heteroatoms. The monoisotopic (exact) mass is 445 g/mol. The third kappa shape index (κ3) is 4.38. The van der Waals surface area contributed by atoms with Gasteiger partial charge in [-0.2, -0.15) is 0 Å². The first-order valence-electron chi connectivity index (χ1n) is 11.6. The first kappa shape index (κ1) is 21.7. The fourth-order valence-electron chi connectivity index (χ4n) is 4.67. The zero-order chi connectivity index (χ0) is 23.3. The van der Waals surface area contributed by atoms with Crippen molar-refractivity contribution in [1.29, 1.82) is 0 Å². The highest BCUT2D eigenvalue weighted by molar-refractivity contribution is 5.93. The summed E-state index contributed by atoms with van der Waals surface area (Å²) in [5.74, 6) is -0.743. The molecule has 0 aliphatic heterocycles. The largest absolute Gasteiger partial charge is 0.460 e. The second-order valence-corrected chi connectivity index (χ2v) is 8.52. The number of aromatic nitrogens is 1. The minimum Gasteiger partial charge on any atom is -0.460 e. The molecule has 5 aromatic rings. The number of hydrogen-bond donors (Lipinski definition) is 0. The fourth-order valence-corrected chi connectivity index (χ4v) is 4.67. The quantitative estimate of drug-likeness (QED) is 0.256. The number of esters is 1.